The third kappa shape index (κ3) is 4.94. The minimum Gasteiger partial charge on any atom is -0.444 e. The molecule has 0 atom stereocenters. The van der Waals surface area contributed by atoms with Crippen LogP contribution in [0.15, 0.2) is 36.4 Å². The molecule has 1 aromatic heterocycles. The van der Waals surface area contributed by atoms with Crippen LogP contribution in [0.4, 0.5) is 22.1 Å². The van der Waals surface area contributed by atoms with Gasteiger partial charge in [-0.15, -0.1) is 10.2 Å². The number of anilines is 3. The van der Waals surface area contributed by atoms with Crippen LogP contribution in [0.2, 0.25) is 0 Å². The number of hydrogen-bond donors (Lipinski definition) is 1. The Bertz CT molecular complexity index is 693. The minimum absolute atomic E-state index is 0.355. The lowest BCUT2D eigenvalue weighted by atomic mass is 10.2. The molecule has 1 heterocycles. The molecule has 6 nitrogen and oxygen atoms in total. The predicted octanol–water partition coefficient (Wildman–Crippen LogP) is 4.29. The van der Waals surface area contributed by atoms with Crippen molar-refractivity contribution in [3.05, 3.63) is 42.0 Å². The third-order valence-corrected chi connectivity index (χ3v) is 3.19. The number of hydrogen-bond acceptors (Lipinski definition) is 5. The molecule has 0 bridgehead atoms. The highest BCUT2D eigenvalue weighted by molar-refractivity contribution is 5.83. The number of carbonyl (C=O) groups excluding carboxylic acids is 1. The second-order valence-electron chi connectivity index (χ2n) is 6.49. The van der Waals surface area contributed by atoms with E-state index in [1.807, 2.05) is 39.0 Å². The second-order valence-corrected chi connectivity index (χ2v) is 6.49. The summed E-state index contributed by atoms with van der Waals surface area (Å²) < 4.78 is 5.19. The summed E-state index contributed by atoms with van der Waals surface area (Å²) in [7, 11) is 0. The van der Waals surface area contributed by atoms with Gasteiger partial charge in [-0.2, -0.15) is 0 Å². The van der Waals surface area contributed by atoms with Crippen LogP contribution in [-0.4, -0.2) is 28.4 Å². The first-order chi connectivity index (χ1) is 11.3. The Morgan fingerprint density at radius 1 is 1.21 bits per heavy atom. The molecule has 1 amide bonds. The predicted molar refractivity (Wildman–Crippen MR) is 95.7 cm³/mol. The number of benzene rings is 1. The maximum atomic E-state index is 11.8. The number of ether oxygens (including phenoxy) is 1. The van der Waals surface area contributed by atoms with Crippen molar-refractivity contribution in [3.8, 4) is 0 Å². The fourth-order valence-electron chi connectivity index (χ4n) is 2.22. The van der Waals surface area contributed by atoms with Gasteiger partial charge in [0.25, 0.3) is 0 Å². The number of aryl methyl sites for hydroxylation is 1. The van der Waals surface area contributed by atoms with Crippen molar-refractivity contribution < 1.29 is 9.53 Å². The zero-order chi connectivity index (χ0) is 17.7. The van der Waals surface area contributed by atoms with Gasteiger partial charge in [-0.1, -0.05) is 12.1 Å². The summed E-state index contributed by atoms with van der Waals surface area (Å²) in [5.74, 6) is 1.08. The number of nitrogens with zero attached hydrogens (tertiary/aromatic N) is 3. The van der Waals surface area contributed by atoms with Crippen LogP contribution in [-0.2, 0) is 4.74 Å². The first kappa shape index (κ1) is 17.7. The van der Waals surface area contributed by atoms with E-state index in [0.29, 0.717) is 5.82 Å². The van der Waals surface area contributed by atoms with Crippen molar-refractivity contribution in [1.29, 1.82) is 0 Å². The molecule has 0 aliphatic heterocycles. The summed E-state index contributed by atoms with van der Waals surface area (Å²) in [4.78, 5) is 13.8. The van der Waals surface area contributed by atoms with Gasteiger partial charge in [-0.05, 0) is 64.4 Å². The Hall–Kier alpha value is -2.63. The summed E-state index contributed by atoms with van der Waals surface area (Å²) in [6.07, 6.45) is -0.546. The molecular weight excluding hydrogens is 304 g/mol. The van der Waals surface area contributed by atoms with Gasteiger partial charge in [-0.25, -0.2) is 4.79 Å². The third-order valence-electron chi connectivity index (χ3n) is 3.19. The molecule has 0 aliphatic carbocycles. The zero-order valence-electron chi connectivity index (χ0n) is 14.8. The Balaban J connectivity index is 2.11. The summed E-state index contributed by atoms with van der Waals surface area (Å²) in [5.41, 5.74) is 1.68. The lowest BCUT2D eigenvalue weighted by molar-refractivity contribution is 0.0635. The van der Waals surface area contributed by atoms with Gasteiger partial charge in [0, 0.05) is 12.2 Å². The highest BCUT2D eigenvalue weighted by Crippen LogP contribution is 2.24. The maximum absolute atomic E-state index is 11.8. The van der Waals surface area contributed by atoms with Crippen molar-refractivity contribution in [2.45, 2.75) is 40.2 Å². The van der Waals surface area contributed by atoms with Gasteiger partial charge in [0.1, 0.15) is 5.60 Å². The molecule has 2 rings (SSSR count). The summed E-state index contributed by atoms with van der Waals surface area (Å²) in [6, 6.07) is 11.7. The van der Waals surface area contributed by atoms with E-state index >= 15 is 0 Å². The maximum Gasteiger partial charge on any atom is 0.413 e. The van der Waals surface area contributed by atoms with E-state index < -0.39 is 11.7 Å². The van der Waals surface area contributed by atoms with Crippen molar-refractivity contribution in [2.75, 3.05) is 16.8 Å². The second kappa shape index (κ2) is 7.29. The molecule has 2 aromatic rings. The average molecular weight is 328 g/mol. The van der Waals surface area contributed by atoms with E-state index in [1.54, 1.807) is 6.07 Å². The quantitative estimate of drug-likeness (QED) is 0.907. The monoisotopic (exact) mass is 328 g/mol. The Morgan fingerprint density at radius 2 is 1.96 bits per heavy atom. The van der Waals surface area contributed by atoms with Crippen LogP contribution in [0, 0.1) is 6.92 Å². The number of nitrogens with one attached hydrogen (secondary N) is 1. The largest absolute Gasteiger partial charge is 0.444 e. The van der Waals surface area contributed by atoms with Crippen LogP contribution in [0.3, 0.4) is 0 Å². The molecule has 0 saturated carbocycles. The molecule has 0 aliphatic rings. The van der Waals surface area contributed by atoms with Gasteiger partial charge >= 0.3 is 6.09 Å². The zero-order valence-corrected chi connectivity index (χ0v) is 14.8. The molecule has 0 spiro atoms. The first-order valence-corrected chi connectivity index (χ1v) is 7.96. The van der Waals surface area contributed by atoms with Crippen LogP contribution in [0.25, 0.3) is 0 Å². The molecule has 128 valence electrons. The first-order valence-electron chi connectivity index (χ1n) is 7.96. The van der Waals surface area contributed by atoms with Gasteiger partial charge < -0.3 is 9.64 Å². The van der Waals surface area contributed by atoms with Crippen molar-refractivity contribution in [3.63, 3.8) is 0 Å². The van der Waals surface area contributed by atoms with Crippen LogP contribution in [0.5, 0.6) is 0 Å². The number of carbonyl (C=O) groups is 1. The average Bonchev–Trinajstić information content (AvgIpc) is 2.48. The molecule has 1 N–H and O–H groups in total. The van der Waals surface area contributed by atoms with Gasteiger partial charge in [0.2, 0.25) is 0 Å². The molecule has 0 radical (unpaired) electrons. The Labute approximate surface area is 142 Å². The molecule has 24 heavy (non-hydrogen) atoms. The van der Waals surface area contributed by atoms with Crippen molar-refractivity contribution in [1.82, 2.24) is 10.2 Å². The van der Waals surface area contributed by atoms with Crippen LogP contribution >= 0.6 is 0 Å². The fourth-order valence-corrected chi connectivity index (χ4v) is 2.22. The van der Waals surface area contributed by atoms with E-state index in [2.05, 4.69) is 46.4 Å². The number of rotatable bonds is 4. The smallest absolute Gasteiger partial charge is 0.413 e. The van der Waals surface area contributed by atoms with Crippen LogP contribution in [0.1, 0.15) is 33.3 Å². The van der Waals surface area contributed by atoms with Gasteiger partial charge in [-0.3, -0.25) is 5.32 Å². The SMILES string of the molecule is CCN(c1cccc(C)c1)c1ccc(NC(=O)OC(C)(C)C)nn1. The Morgan fingerprint density at radius 3 is 2.50 bits per heavy atom. The van der Waals surface area contributed by atoms with E-state index in [4.69, 9.17) is 4.74 Å². The van der Waals surface area contributed by atoms with Gasteiger partial charge in [0.15, 0.2) is 11.6 Å². The molecule has 1 aromatic carbocycles. The van der Waals surface area contributed by atoms with Gasteiger partial charge in [0.05, 0.1) is 0 Å². The van der Waals surface area contributed by atoms with Crippen LogP contribution < -0.4 is 10.2 Å². The molecule has 0 saturated heterocycles. The van der Waals surface area contributed by atoms with Crippen molar-refractivity contribution in [2.24, 2.45) is 0 Å². The molecule has 0 unspecified atom stereocenters. The highest BCUT2D eigenvalue weighted by atomic mass is 16.6. The summed E-state index contributed by atoms with van der Waals surface area (Å²) >= 11 is 0. The highest BCUT2D eigenvalue weighted by Gasteiger charge is 2.17. The normalized spacial score (nSPS) is 11.0. The topological polar surface area (TPSA) is 67.4 Å². The lowest BCUT2D eigenvalue weighted by Gasteiger charge is -2.22. The van der Waals surface area contributed by atoms with E-state index in [-0.39, 0.29) is 0 Å². The fraction of sp³-hybridized carbons (Fsp3) is 0.389. The number of aromatic nitrogens is 2. The van der Waals surface area contributed by atoms with Crippen molar-refractivity contribution >= 4 is 23.4 Å². The molecular formula is C18H24N4O2. The van der Waals surface area contributed by atoms with E-state index in [1.165, 1.54) is 5.56 Å². The summed E-state index contributed by atoms with van der Waals surface area (Å²) in [6.45, 7) is 10.3. The number of amides is 1. The minimum atomic E-state index is -0.554. The lowest BCUT2D eigenvalue weighted by Crippen LogP contribution is -2.27. The standard InChI is InChI=1S/C18H24N4O2/c1-6-22(14-9-7-8-13(2)12-14)16-11-10-15(20-21-16)19-17(23)24-18(3,4)5/h7-12H,6H2,1-5H3,(H,19,20,23). The Kier molecular flexibility index (Phi) is 5.39. The summed E-state index contributed by atoms with van der Waals surface area (Å²) in [5, 5.41) is 10.9. The van der Waals surface area contributed by atoms with E-state index in [0.717, 1.165) is 18.1 Å². The molecule has 6 heteroatoms. The molecule has 0 fully saturated rings. The van der Waals surface area contributed by atoms with E-state index in [9.17, 15) is 4.79 Å².